The van der Waals surface area contributed by atoms with Gasteiger partial charge in [-0.25, -0.2) is 0 Å². The molecule has 0 aliphatic heterocycles. The van der Waals surface area contributed by atoms with Crippen LogP contribution in [0.2, 0.25) is 5.02 Å². The van der Waals surface area contributed by atoms with Crippen LogP contribution in [0.5, 0.6) is 17.2 Å². The van der Waals surface area contributed by atoms with Gasteiger partial charge in [0.1, 0.15) is 23.6 Å². The molecule has 4 rings (SSSR count). The van der Waals surface area contributed by atoms with Crippen molar-refractivity contribution in [1.29, 1.82) is 0 Å². The molecule has 0 saturated heterocycles. The Morgan fingerprint density at radius 3 is 1.93 bits per heavy atom. The third-order valence-electron chi connectivity index (χ3n) is 7.08. The molecule has 1 N–H and O–H groups in total. The lowest BCUT2D eigenvalue weighted by atomic mass is 9.99. The van der Waals surface area contributed by atoms with Crippen molar-refractivity contribution in [2.75, 3.05) is 20.4 Å². The maximum absolute atomic E-state index is 11.1. The average Bonchev–Trinajstić information content (AvgIpc) is 2.99. The number of unbranched alkanes of at least 4 members (excludes halogenated alkanes) is 3. The fraction of sp³-hybridized carbons (Fsp3) is 0.235. The lowest BCUT2D eigenvalue weighted by Crippen LogP contribution is -3.00. The molecule has 3 nitrogen and oxygen atoms in total. The maximum Gasteiger partial charge on any atom is 0.161 e. The first kappa shape index (κ1) is 31.6. The standard InChI is InChI=1S/C34H36ClO3P.ClH/c1-4-5-6-14-23-39(33-19-12-10-17-31(33)37-2,34-20-13-11-18-32(34)38-3)25-29(26-15-8-7-9-16-26)28-24-27(35)21-22-30(28)36;/h7-13,15-22,24-25H,4-6,14,23H2,1-3H3;1H/b29-25+;. The predicted molar refractivity (Wildman–Crippen MR) is 168 cm³/mol. The second-order valence-corrected chi connectivity index (χ2v) is 13.4. The van der Waals surface area contributed by atoms with Gasteiger partial charge in [0.15, 0.2) is 11.5 Å². The molecule has 0 radical (unpaired) electrons. The molecule has 0 amide bonds. The SMILES string of the molecule is CCCCCC[P+](/C=C(\c1ccccc1)c1cc(Cl)ccc1O)(c1ccccc1OC)c1ccccc1OC.[Cl-]. The molecule has 4 aromatic rings. The minimum atomic E-state index is -2.34. The molecule has 4 aromatic carbocycles. The molecule has 0 unspecified atom stereocenters. The number of aromatic hydroxyl groups is 1. The fourth-order valence-corrected chi connectivity index (χ4v) is 9.74. The number of hydrogen-bond acceptors (Lipinski definition) is 3. The number of phenols is 1. The Morgan fingerprint density at radius 1 is 0.775 bits per heavy atom. The molecule has 0 aliphatic rings. The van der Waals surface area contributed by atoms with E-state index < -0.39 is 7.26 Å². The minimum Gasteiger partial charge on any atom is -1.00 e. The third-order valence-corrected chi connectivity index (χ3v) is 11.5. The zero-order valence-corrected chi connectivity index (χ0v) is 25.7. The number of phenolic OH excluding ortho intramolecular Hbond substituents is 1. The van der Waals surface area contributed by atoms with Crippen LogP contribution < -0.4 is 32.5 Å². The van der Waals surface area contributed by atoms with Gasteiger partial charge in [0, 0.05) is 16.2 Å². The van der Waals surface area contributed by atoms with E-state index in [2.05, 4.69) is 49.1 Å². The molecule has 0 aromatic heterocycles. The van der Waals surface area contributed by atoms with E-state index in [0.717, 1.165) is 58.7 Å². The quantitative estimate of drug-likeness (QED) is 0.169. The molecule has 0 aliphatic carbocycles. The fourth-order valence-electron chi connectivity index (χ4n) is 5.14. The number of methoxy groups -OCH3 is 2. The van der Waals surface area contributed by atoms with Gasteiger partial charge < -0.3 is 27.0 Å². The van der Waals surface area contributed by atoms with Crippen molar-refractivity contribution in [1.82, 2.24) is 0 Å². The topological polar surface area (TPSA) is 38.7 Å². The van der Waals surface area contributed by atoms with Crippen LogP contribution in [0.1, 0.15) is 43.7 Å². The Morgan fingerprint density at radius 2 is 1.35 bits per heavy atom. The van der Waals surface area contributed by atoms with Crippen molar-refractivity contribution in [3.8, 4) is 17.2 Å². The second-order valence-electron chi connectivity index (χ2n) is 9.57. The summed E-state index contributed by atoms with van der Waals surface area (Å²) in [5.74, 6) is 4.30. The summed E-state index contributed by atoms with van der Waals surface area (Å²) in [7, 11) is 1.13. The van der Waals surface area contributed by atoms with E-state index in [1.165, 1.54) is 6.42 Å². The molecule has 0 bridgehead atoms. The first-order valence-electron chi connectivity index (χ1n) is 13.5. The highest BCUT2D eigenvalue weighted by atomic mass is 35.5. The summed E-state index contributed by atoms with van der Waals surface area (Å²) in [6, 6.07) is 32.1. The van der Waals surface area contributed by atoms with Gasteiger partial charge in [-0.1, -0.05) is 86.0 Å². The van der Waals surface area contributed by atoms with Crippen LogP contribution in [0.15, 0.2) is 103 Å². The molecule has 0 saturated carbocycles. The summed E-state index contributed by atoms with van der Waals surface area (Å²) in [6.45, 7) is 2.23. The molecular weight excluding hydrogens is 558 g/mol. The van der Waals surface area contributed by atoms with Gasteiger partial charge in [-0.2, -0.15) is 0 Å². The Balaban J connectivity index is 0.00000441. The Labute approximate surface area is 250 Å². The third kappa shape index (κ3) is 7.02. The highest BCUT2D eigenvalue weighted by Crippen LogP contribution is 2.64. The first-order chi connectivity index (χ1) is 19.0. The van der Waals surface area contributed by atoms with E-state index in [1.807, 2.05) is 48.5 Å². The summed E-state index contributed by atoms with van der Waals surface area (Å²) in [6.07, 6.45) is 5.47. The van der Waals surface area contributed by atoms with Gasteiger partial charge in [-0.05, 0) is 60.9 Å². The number of para-hydroxylation sites is 2. The zero-order valence-electron chi connectivity index (χ0n) is 23.3. The summed E-state index contributed by atoms with van der Waals surface area (Å²) in [5, 5.41) is 14.0. The van der Waals surface area contributed by atoms with Crippen molar-refractivity contribution < 1.29 is 27.0 Å². The largest absolute Gasteiger partial charge is 1.00 e. The van der Waals surface area contributed by atoms with Crippen LogP contribution in [0.4, 0.5) is 0 Å². The van der Waals surface area contributed by atoms with Crippen molar-refractivity contribution in [3.63, 3.8) is 0 Å². The van der Waals surface area contributed by atoms with Gasteiger partial charge in [0.05, 0.1) is 26.2 Å². The van der Waals surface area contributed by atoms with Gasteiger partial charge in [0.2, 0.25) is 0 Å². The van der Waals surface area contributed by atoms with Crippen LogP contribution >= 0.6 is 18.9 Å². The average molecular weight is 596 g/mol. The summed E-state index contributed by atoms with van der Waals surface area (Å²) < 4.78 is 12.0. The molecule has 0 heterocycles. The smallest absolute Gasteiger partial charge is 0.161 e. The number of halogens is 2. The first-order valence-corrected chi connectivity index (χ1v) is 15.9. The monoisotopic (exact) mass is 594 g/mol. The highest BCUT2D eigenvalue weighted by molar-refractivity contribution is 7.92. The van der Waals surface area contributed by atoms with Crippen LogP contribution in [0.3, 0.4) is 0 Å². The lowest BCUT2D eigenvalue weighted by molar-refractivity contribution is -0.00000929. The summed E-state index contributed by atoms with van der Waals surface area (Å²) >= 11 is 6.50. The summed E-state index contributed by atoms with van der Waals surface area (Å²) in [4.78, 5) is 0. The second kappa shape index (κ2) is 15.1. The molecule has 0 fully saturated rings. The van der Waals surface area contributed by atoms with Crippen molar-refractivity contribution in [2.24, 2.45) is 0 Å². The van der Waals surface area contributed by atoms with Crippen LogP contribution in [0, 0.1) is 0 Å². The zero-order chi connectivity index (χ0) is 27.7. The van der Waals surface area contributed by atoms with E-state index in [1.54, 1.807) is 26.4 Å². The normalized spacial score (nSPS) is 11.6. The Kier molecular flexibility index (Phi) is 11.9. The van der Waals surface area contributed by atoms with E-state index in [-0.39, 0.29) is 18.2 Å². The molecule has 210 valence electrons. The molecule has 6 heteroatoms. The molecular formula is C34H37Cl2O3P. The van der Waals surface area contributed by atoms with Gasteiger partial charge in [-0.15, -0.1) is 0 Å². The van der Waals surface area contributed by atoms with Gasteiger partial charge >= 0.3 is 0 Å². The van der Waals surface area contributed by atoms with Gasteiger partial charge in [0.25, 0.3) is 0 Å². The predicted octanol–water partition coefficient (Wildman–Crippen LogP) is 5.70. The van der Waals surface area contributed by atoms with Crippen molar-refractivity contribution in [2.45, 2.75) is 32.6 Å². The highest BCUT2D eigenvalue weighted by Gasteiger charge is 2.46. The number of rotatable bonds is 12. The van der Waals surface area contributed by atoms with E-state index in [4.69, 9.17) is 21.1 Å². The molecule has 0 atom stereocenters. The van der Waals surface area contributed by atoms with E-state index >= 15 is 0 Å². The minimum absolute atomic E-state index is 0. The van der Waals surface area contributed by atoms with Crippen LogP contribution in [-0.2, 0) is 0 Å². The molecule has 40 heavy (non-hydrogen) atoms. The summed E-state index contributed by atoms with van der Waals surface area (Å²) in [5.41, 5.74) is 2.66. The maximum atomic E-state index is 11.1. The Bertz CT molecular complexity index is 1360. The van der Waals surface area contributed by atoms with Crippen LogP contribution in [0.25, 0.3) is 5.57 Å². The molecule has 0 spiro atoms. The number of benzene rings is 4. The van der Waals surface area contributed by atoms with E-state index in [0.29, 0.717) is 10.6 Å². The lowest BCUT2D eigenvalue weighted by Gasteiger charge is -2.28. The van der Waals surface area contributed by atoms with Gasteiger partial charge in [-0.3, -0.25) is 0 Å². The van der Waals surface area contributed by atoms with Crippen molar-refractivity contribution >= 4 is 35.0 Å². The Hall–Kier alpha value is -2.97. The number of ether oxygens (including phenoxy) is 2. The number of hydrogen-bond donors (Lipinski definition) is 1. The van der Waals surface area contributed by atoms with Crippen molar-refractivity contribution in [3.05, 3.63) is 119 Å². The van der Waals surface area contributed by atoms with E-state index in [9.17, 15) is 5.11 Å². The van der Waals surface area contributed by atoms with Crippen LogP contribution in [-0.4, -0.2) is 25.5 Å².